The summed E-state index contributed by atoms with van der Waals surface area (Å²) in [5.41, 5.74) is 0.848. The molecule has 1 atom stereocenters. The highest BCUT2D eigenvalue weighted by atomic mass is 32.1. The number of nitrogens with one attached hydrogen (secondary N) is 1. The Balaban J connectivity index is 1.48. The van der Waals surface area contributed by atoms with E-state index in [9.17, 15) is 9.18 Å². The largest absolute Gasteiger partial charge is 0.346 e. The van der Waals surface area contributed by atoms with Crippen molar-refractivity contribution in [3.63, 3.8) is 0 Å². The van der Waals surface area contributed by atoms with Gasteiger partial charge in [0.25, 0.3) is 5.91 Å². The molecule has 1 unspecified atom stereocenters. The quantitative estimate of drug-likeness (QED) is 0.776. The Morgan fingerprint density at radius 1 is 1.26 bits per heavy atom. The lowest BCUT2D eigenvalue weighted by Gasteiger charge is -2.18. The van der Waals surface area contributed by atoms with Crippen LogP contribution >= 0.6 is 11.3 Å². The first-order chi connectivity index (χ1) is 13.1. The molecule has 0 spiro atoms. The monoisotopic (exact) mass is 390 g/mol. The van der Waals surface area contributed by atoms with Gasteiger partial charge in [-0.2, -0.15) is 0 Å². The molecule has 0 radical (unpaired) electrons. The molecule has 1 fully saturated rings. The summed E-state index contributed by atoms with van der Waals surface area (Å²) >= 11 is 1.35. The van der Waals surface area contributed by atoms with Crippen LogP contribution < -0.4 is 5.32 Å². The molecule has 0 bridgehead atoms. The Morgan fingerprint density at radius 3 is 2.85 bits per heavy atom. The zero-order valence-electron chi connectivity index (χ0n) is 15.8. The molecule has 1 aromatic heterocycles. The average molecular weight is 391 g/mol. The molecule has 1 N–H and O–H groups in total. The molecule has 1 amide bonds. The summed E-state index contributed by atoms with van der Waals surface area (Å²) in [5.74, 6) is 0.331. The van der Waals surface area contributed by atoms with Gasteiger partial charge < -0.3 is 5.32 Å². The molecule has 7 heteroatoms. The van der Waals surface area contributed by atoms with Crippen LogP contribution in [0.15, 0.2) is 24.3 Å². The van der Waals surface area contributed by atoms with Gasteiger partial charge in [0, 0.05) is 6.54 Å². The van der Waals surface area contributed by atoms with Crippen LogP contribution in [0.3, 0.4) is 0 Å². The van der Waals surface area contributed by atoms with Crippen LogP contribution in [-0.2, 0) is 13.1 Å². The summed E-state index contributed by atoms with van der Waals surface area (Å²) < 4.78 is 12.9. The van der Waals surface area contributed by atoms with Crippen molar-refractivity contribution in [3.8, 4) is 0 Å². The number of nitrogens with zero attached hydrogens (tertiary/aromatic N) is 3. The number of amides is 1. The molecular formula is C20H27FN4OS. The summed E-state index contributed by atoms with van der Waals surface area (Å²) in [7, 11) is 0. The molecule has 3 rings (SSSR count). The number of halogens is 1. The van der Waals surface area contributed by atoms with Gasteiger partial charge in [0.15, 0.2) is 0 Å². The molecule has 2 heterocycles. The molecule has 146 valence electrons. The van der Waals surface area contributed by atoms with Gasteiger partial charge in [-0.15, -0.1) is 10.2 Å². The van der Waals surface area contributed by atoms with E-state index in [0.717, 1.165) is 36.1 Å². The van der Waals surface area contributed by atoms with Crippen molar-refractivity contribution in [2.45, 2.75) is 52.1 Å². The molecular weight excluding hydrogens is 363 g/mol. The number of likely N-dealkylation sites (tertiary alicyclic amines) is 1. The number of carbonyl (C=O) groups excluding carboxylic acids is 1. The van der Waals surface area contributed by atoms with Crippen molar-refractivity contribution >= 4 is 17.2 Å². The first-order valence-electron chi connectivity index (χ1n) is 9.71. The van der Waals surface area contributed by atoms with Crippen molar-refractivity contribution in [1.82, 2.24) is 20.4 Å². The van der Waals surface area contributed by atoms with E-state index in [4.69, 9.17) is 0 Å². The molecule has 0 aliphatic carbocycles. The van der Waals surface area contributed by atoms with Crippen molar-refractivity contribution in [3.05, 3.63) is 45.7 Å². The van der Waals surface area contributed by atoms with Crippen molar-refractivity contribution in [2.75, 3.05) is 13.1 Å². The minimum Gasteiger partial charge on any atom is -0.346 e. The summed E-state index contributed by atoms with van der Waals surface area (Å²) in [6.07, 6.45) is 6.38. The summed E-state index contributed by atoms with van der Waals surface area (Å²) in [4.78, 5) is 14.7. The van der Waals surface area contributed by atoms with E-state index in [1.165, 1.54) is 55.6 Å². The van der Waals surface area contributed by atoms with Crippen LogP contribution in [0.2, 0.25) is 0 Å². The highest BCUT2D eigenvalue weighted by molar-refractivity contribution is 7.13. The Labute approximate surface area is 164 Å². The molecule has 27 heavy (non-hydrogen) atoms. The number of hydrogen-bond donors (Lipinski definition) is 1. The van der Waals surface area contributed by atoms with Gasteiger partial charge in [0.2, 0.25) is 5.01 Å². The Hall–Kier alpha value is -1.86. The van der Waals surface area contributed by atoms with Gasteiger partial charge in [0.05, 0.1) is 6.54 Å². The number of aromatic nitrogens is 2. The second-order valence-corrected chi connectivity index (χ2v) is 8.23. The Bertz CT molecular complexity index is 734. The van der Waals surface area contributed by atoms with Crippen molar-refractivity contribution < 1.29 is 9.18 Å². The SMILES string of the molecule is CCCC1CCCN(Cc2nnc(C(=O)NCc3ccc(F)cc3)s2)CC1. The second kappa shape index (κ2) is 9.90. The topological polar surface area (TPSA) is 58.1 Å². The first-order valence-corrected chi connectivity index (χ1v) is 10.5. The molecule has 1 saturated heterocycles. The second-order valence-electron chi connectivity index (χ2n) is 7.17. The molecule has 1 aliphatic rings. The Kier molecular flexibility index (Phi) is 7.29. The third-order valence-corrected chi connectivity index (χ3v) is 5.93. The van der Waals surface area contributed by atoms with Gasteiger partial charge in [-0.05, 0) is 56.0 Å². The van der Waals surface area contributed by atoms with Crippen LogP contribution in [-0.4, -0.2) is 34.1 Å². The minimum absolute atomic E-state index is 0.234. The van der Waals surface area contributed by atoms with Gasteiger partial charge in [-0.3, -0.25) is 9.69 Å². The highest BCUT2D eigenvalue weighted by Crippen LogP contribution is 2.23. The highest BCUT2D eigenvalue weighted by Gasteiger charge is 2.19. The molecule has 2 aromatic rings. The minimum atomic E-state index is -0.284. The first kappa shape index (κ1) is 19.9. The predicted molar refractivity (Wildman–Crippen MR) is 105 cm³/mol. The van der Waals surface area contributed by atoms with E-state index in [2.05, 4.69) is 27.3 Å². The number of rotatable bonds is 7. The molecule has 1 aromatic carbocycles. The van der Waals surface area contributed by atoms with Crippen molar-refractivity contribution in [2.24, 2.45) is 5.92 Å². The maximum Gasteiger partial charge on any atom is 0.282 e. The third-order valence-electron chi connectivity index (χ3n) is 5.02. The Morgan fingerprint density at radius 2 is 2.07 bits per heavy atom. The maximum atomic E-state index is 12.9. The number of hydrogen-bond acceptors (Lipinski definition) is 5. The third kappa shape index (κ3) is 6.07. The smallest absolute Gasteiger partial charge is 0.282 e. The van der Waals surface area contributed by atoms with Crippen molar-refractivity contribution in [1.29, 1.82) is 0 Å². The fraction of sp³-hybridized carbons (Fsp3) is 0.550. The summed E-state index contributed by atoms with van der Waals surface area (Å²) in [6, 6.07) is 6.09. The van der Waals surface area contributed by atoms with E-state index in [1.807, 2.05) is 0 Å². The predicted octanol–water partition coefficient (Wildman–Crippen LogP) is 4.01. The van der Waals surface area contributed by atoms with E-state index < -0.39 is 0 Å². The fourth-order valence-electron chi connectivity index (χ4n) is 3.54. The maximum absolute atomic E-state index is 12.9. The lowest BCUT2D eigenvalue weighted by atomic mass is 9.96. The van der Waals surface area contributed by atoms with Crippen LogP contribution in [0.1, 0.15) is 59.4 Å². The van der Waals surface area contributed by atoms with Crippen LogP contribution in [0.25, 0.3) is 0 Å². The van der Waals surface area contributed by atoms with Gasteiger partial charge in [-0.25, -0.2) is 4.39 Å². The fourth-order valence-corrected chi connectivity index (χ4v) is 4.34. The van der Waals surface area contributed by atoms with E-state index in [0.29, 0.717) is 11.6 Å². The number of carbonyl (C=O) groups is 1. The molecule has 5 nitrogen and oxygen atoms in total. The van der Waals surface area contributed by atoms with Crippen LogP contribution in [0.4, 0.5) is 4.39 Å². The van der Waals surface area contributed by atoms with Gasteiger partial charge in [-0.1, -0.05) is 43.2 Å². The van der Waals surface area contributed by atoms with Gasteiger partial charge in [0.1, 0.15) is 10.8 Å². The van der Waals surface area contributed by atoms with Gasteiger partial charge >= 0.3 is 0 Å². The summed E-state index contributed by atoms with van der Waals surface area (Å²) in [5, 5.41) is 12.3. The lowest BCUT2D eigenvalue weighted by molar-refractivity contribution is 0.0950. The lowest BCUT2D eigenvalue weighted by Crippen LogP contribution is -2.24. The zero-order chi connectivity index (χ0) is 19.1. The normalized spacial score (nSPS) is 18.2. The average Bonchev–Trinajstić information content (AvgIpc) is 3.02. The standard InChI is InChI=1S/C20H27FN4OS/c1-2-4-15-5-3-11-25(12-10-15)14-18-23-24-20(27-18)19(26)22-13-16-6-8-17(21)9-7-16/h6-9,15H,2-5,10-14H2,1H3,(H,22,26). The van der Waals surface area contributed by atoms with Crippen LogP contribution in [0.5, 0.6) is 0 Å². The van der Waals surface area contributed by atoms with E-state index in [-0.39, 0.29) is 11.7 Å². The summed E-state index contributed by atoms with van der Waals surface area (Å²) in [6.45, 7) is 5.55. The van der Waals surface area contributed by atoms with E-state index in [1.54, 1.807) is 12.1 Å². The zero-order valence-corrected chi connectivity index (χ0v) is 16.6. The molecule has 0 saturated carbocycles. The number of benzene rings is 1. The van der Waals surface area contributed by atoms with E-state index >= 15 is 0 Å². The van der Waals surface area contributed by atoms with Crippen LogP contribution in [0, 0.1) is 11.7 Å². The molecule has 1 aliphatic heterocycles.